The zero-order valence-electron chi connectivity index (χ0n) is 9.38. The molecule has 76 valence electrons. The van der Waals surface area contributed by atoms with Crippen molar-refractivity contribution in [3.8, 4) is 0 Å². The van der Waals surface area contributed by atoms with E-state index in [-0.39, 0.29) is 0 Å². The quantitative estimate of drug-likeness (QED) is 0.659. The fourth-order valence-electron chi connectivity index (χ4n) is 1.11. The molecule has 0 radical (unpaired) electrons. The van der Waals surface area contributed by atoms with Gasteiger partial charge < -0.3 is 0 Å². The van der Waals surface area contributed by atoms with Crippen molar-refractivity contribution in [2.75, 3.05) is 0 Å². The molecule has 0 saturated carbocycles. The van der Waals surface area contributed by atoms with Crippen LogP contribution < -0.4 is 0 Å². The Morgan fingerprint density at radius 2 is 1.93 bits per heavy atom. The highest BCUT2D eigenvalue weighted by Gasteiger charge is 1.98. The lowest BCUT2D eigenvalue weighted by atomic mass is 10.1. The Morgan fingerprint density at radius 1 is 1.29 bits per heavy atom. The molecule has 0 bridgehead atoms. The van der Waals surface area contributed by atoms with Gasteiger partial charge in [-0.15, -0.1) is 6.58 Å². The molecule has 0 saturated heterocycles. The summed E-state index contributed by atoms with van der Waals surface area (Å²) in [6.45, 7) is 13.4. The van der Waals surface area contributed by atoms with Crippen LogP contribution in [-0.2, 0) is 6.42 Å². The van der Waals surface area contributed by atoms with Crippen molar-refractivity contribution in [1.82, 2.24) is 4.98 Å². The SMILES string of the molecule is C=CCc1nc(C)ccc1C=C.CC. The van der Waals surface area contributed by atoms with Gasteiger partial charge in [0.2, 0.25) is 0 Å². The predicted molar refractivity (Wildman–Crippen MR) is 64.3 cm³/mol. The average molecular weight is 189 g/mol. The molecule has 0 unspecified atom stereocenters. The highest BCUT2D eigenvalue weighted by atomic mass is 14.7. The first-order chi connectivity index (χ1) is 6.77. The lowest BCUT2D eigenvalue weighted by molar-refractivity contribution is 1.06. The number of pyridine rings is 1. The summed E-state index contributed by atoms with van der Waals surface area (Å²) in [5.41, 5.74) is 3.19. The van der Waals surface area contributed by atoms with E-state index in [0.717, 1.165) is 23.4 Å². The molecule has 0 fully saturated rings. The first-order valence-electron chi connectivity index (χ1n) is 4.97. The van der Waals surface area contributed by atoms with Gasteiger partial charge in [-0.2, -0.15) is 0 Å². The largest absolute Gasteiger partial charge is 0.257 e. The highest BCUT2D eigenvalue weighted by molar-refractivity contribution is 5.50. The van der Waals surface area contributed by atoms with Gasteiger partial charge in [0.15, 0.2) is 0 Å². The summed E-state index contributed by atoms with van der Waals surface area (Å²) in [5.74, 6) is 0. The van der Waals surface area contributed by atoms with Gasteiger partial charge in [-0.3, -0.25) is 4.98 Å². The number of aromatic nitrogens is 1. The second-order valence-electron chi connectivity index (χ2n) is 2.69. The van der Waals surface area contributed by atoms with Gasteiger partial charge >= 0.3 is 0 Å². The molecule has 0 spiro atoms. The lowest BCUT2D eigenvalue weighted by Gasteiger charge is -2.02. The monoisotopic (exact) mass is 189 g/mol. The molecular formula is C13H19N. The first-order valence-corrected chi connectivity index (χ1v) is 4.97. The maximum atomic E-state index is 4.39. The molecular weight excluding hydrogens is 170 g/mol. The third-order valence-corrected chi connectivity index (χ3v) is 1.71. The highest BCUT2D eigenvalue weighted by Crippen LogP contribution is 2.09. The van der Waals surface area contributed by atoms with Crippen molar-refractivity contribution < 1.29 is 0 Å². The summed E-state index contributed by atoms with van der Waals surface area (Å²) in [5, 5.41) is 0. The molecule has 1 aromatic rings. The van der Waals surface area contributed by atoms with Crippen molar-refractivity contribution in [1.29, 1.82) is 0 Å². The summed E-state index contributed by atoms with van der Waals surface area (Å²) >= 11 is 0. The summed E-state index contributed by atoms with van der Waals surface area (Å²) in [6, 6.07) is 4.03. The fraction of sp³-hybridized carbons (Fsp3) is 0.308. The summed E-state index contributed by atoms with van der Waals surface area (Å²) in [7, 11) is 0. The van der Waals surface area contributed by atoms with Crippen LogP contribution in [0, 0.1) is 6.92 Å². The number of allylic oxidation sites excluding steroid dienone is 1. The summed E-state index contributed by atoms with van der Waals surface area (Å²) in [4.78, 5) is 4.39. The van der Waals surface area contributed by atoms with Gasteiger partial charge in [-0.1, -0.05) is 38.6 Å². The van der Waals surface area contributed by atoms with Crippen molar-refractivity contribution in [3.63, 3.8) is 0 Å². The van der Waals surface area contributed by atoms with Gasteiger partial charge in [0.25, 0.3) is 0 Å². The van der Waals surface area contributed by atoms with Crippen molar-refractivity contribution in [2.24, 2.45) is 0 Å². The zero-order valence-corrected chi connectivity index (χ0v) is 9.38. The Balaban J connectivity index is 0.000000791. The van der Waals surface area contributed by atoms with Gasteiger partial charge in [-0.25, -0.2) is 0 Å². The standard InChI is InChI=1S/C11H13N.C2H6/c1-4-6-11-10(5-2)8-7-9(3)12-11;1-2/h4-5,7-8H,1-2,6H2,3H3;1-2H3. The van der Waals surface area contributed by atoms with Gasteiger partial charge in [0.1, 0.15) is 0 Å². The second kappa shape index (κ2) is 7.07. The van der Waals surface area contributed by atoms with E-state index in [1.54, 1.807) is 0 Å². The van der Waals surface area contributed by atoms with Crippen molar-refractivity contribution in [2.45, 2.75) is 27.2 Å². The number of rotatable bonds is 3. The Labute approximate surface area is 87.2 Å². The zero-order chi connectivity index (χ0) is 11.0. The number of nitrogens with zero attached hydrogens (tertiary/aromatic N) is 1. The van der Waals surface area contributed by atoms with Gasteiger partial charge in [0, 0.05) is 12.1 Å². The van der Waals surface area contributed by atoms with E-state index in [2.05, 4.69) is 18.1 Å². The van der Waals surface area contributed by atoms with E-state index in [0.29, 0.717) is 0 Å². The van der Waals surface area contributed by atoms with E-state index in [4.69, 9.17) is 0 Å². The molecule has 0 amide bonds. The number of hydrogen-bond acceptors (Lipinski definition) is 1. The molecule has 0 atom stereocenters. The van der Waals surface area contributed by atoms with Crippen LogP contribution in [0.2, 0.25) is 0 Å². The van der Waals surface area contributed by atoms with Gasteiger partial charge in [0.05, 0.1) is 5.69 Å². The van der Waals surface area contributed by atoms with Crippen molar-refractivity contribution >= 4 is 6.08 Å². The minimum atomic E-state index is 0.809. The Morgan fingerprint density at radius 3 is 2.43 bits per heavy atom. The van der Waals surface area contributed by atoms with Crippen LogP contribution in [0.1, 0.15) is 30.8 Å². The Bertz CT molecular complexity index is 300. The van der Waals surface area contributed by atoms with Crippen LogP contribution in [0.4, 0.5) is 0 Å². The maximum Gasteiger partial charge on any atom is 0.0516 e. The molecule has 0 aliphatic rings. The fourth-order valence-corrected chi connectivity index (χ4v) is 1.11. The molecule has 1 nitrogen and oxygen atoms in total. The summed E-state index contributed by atoms with van der Waals surface area (Å²) < 4.78 is 0. The summed E-state index contributed by atoms with van der Waals surface area (Å²) in [6.07, 6.45) is 4.49. The molecule has 0 N–H and O–H groups in total. The third-order valence-electron chi connectivity index (χ3n) is 1.71. The molecule has 0 aliphatic heterocycles. The van der Waals surface area contributed by atoms with Crippen LogP contribution >= 0.6 is 0 Å². The van der Waals surface area contributed by atoms with E-state index in [1.165, 1.54) is 0 Å². The first kappa shape index (κ1) is 12.6. The van der Waals surface area contributed by atoms with Crippen LogP contribution in [0.15, 0.2) is 31.4 Å². The van der Waals surface area contributed by atoms with Crippen molar-refractivity contribution in [3.05, 3.63) is 48.3 Å². The molecule has 14 heavy (non-hydrogen) atoms. The average Bonchev–Trinajstić information content (AvgIpc) is 2.22. The van der Waals surface area contributed by atoms with Crippen LogP contribution in [0.3, 0.4) is 0 Å². The molecule has 1 rings (SSSR count). The van der Waals surface area contributed by atoms with E-state index in [1.807, 2.05) is 45.1 Å². The van der Waals surface area contributed by atoms with Gasteiger partial charge in [-0.05, 0) is 18.6 Å². The maximum absolute atomic E-state index is 4.39. The van der Waals surface area contributed by atoms with E-state index < -0.39 is 0 Å². The van der Waals surface area contributed by atoms with E-state index in [9.17, 15) is 0 Å². The predicted octanol–water partition coefficient (Wildman–Crippen LogP) is 3.79. The Kier molecular flexibility index (Phi) is 6.38. The minimum Gasteiger partial charge on any atom is -0.257 e. The smallest absolute Gasteiger partial charge is 0.0516 e. The molecule has 1 heterocycles. The number of hydrogen-bond donors (Lipinski definition) is 0. The van der Waals surface area contributed by atoms with Crippen LogP contribution in [-0.4, -0.2) is 4.98 Å². The molecule has 0 aromatic carbocycles. The molecule has 1 aromatic heterocycles. The van der Waals surface area contributed by atoms with Crippen LogP contribution in [0.25, 0.3) is 6.08 Å². The molecule has 0 aliphatic carbocycles. The second-order valence-corrected chi connectivity index (χ2v) is 2.69. The third kappa shape index (κ3) is 3.56. The minimum absolute atomic E-state index is 0.809. The Hall–Kier alpha value is -1.37. The number of aryl methyl sites for hydroxylation is 1. The lowest BCUT2D eigenvalue weighted by Crippen LogP contribution is -1.93. The topological polar surface area (TPSA) is 12.9 Å². The van der Waals surface area contributed by atoms with Crippen LogP contribution in [0.5, 0.6) is 0 Å². The van der Waals surface area contributed by atoms with E-state index >= 15 is 0 Å². The molecule has 1 heteroatoms. The normalized spacial score (nSPS) is 8.50.